The van der Waals surface area contributed by atoms with Crippen molar-refractivity contribution in [1.82, 2.24) is 10.2 Å². The lowest BCUT2D eigenvalue weighted by atomic mass is 10.0. The highest BCUT2D eigenvalue weighted by Gasteiger charge is 2.22. The first kappa shape index (κ1) is 12.1. The Kier molecular flexibility index (Phi) is 3.79. The van der Waals surface area contributed by atoms with E-state index in [1.165, 1.54) is 0 Å². The van der Waals surface area contributed by atoms with E-state index in [0.29, 0.717) is 6.04 Å². The highest BCUT2D eigenvalue weighted by atomic mass is 16.2. The monoisotopic (exact) mass is 232 g/mol. The largest absolute Gasteiger partial charge is 0.337 e. The first-order chi connectivity index (χ1) is 8.18. The minimum absolute atomic E-state index is 0.127. The maximum absolute atomic E-state index is 12.3. The summed E-state index contributed by atoms with van der Waals surface area (Å²) in [5, 5.41) is 3.34. The fourth-order valence-corrected chi connectivity index (χ4v) is 2.31. The van der Waals surface area contributed by atoms with Crippen LogP contribution in [0.2, 0.25) is 0 Å². The quantitative estimate of drug-likeness (QED) is 0.843. The minimum atomic E-state index is 0.127. The predicted molar refractivity (Wildman–Crippen MR) is 69.2 cm³/mol. The normalized spacial score (nSPS) is 20.0. The molecule has 17 heavy (non-hydrogen) atoms. The molecule has 0 aliphatic carbocycles. The Labute approximate surface area is 103 Å². The molecule has 1 fully saturated rings. The molecule has 1 aliphatic heterocycles. The van der Waals surface area contributed by atoms with Gasteiger partial charge in [-0.2, -0.15) is 0 Å². The summed E-state index contributed by atoms with van der Waals surface area (Å²) in [6.45, 7) is 4.00. The van der Waals surface area contributed by atoms with E-state index in [4.69, 9.17) is 0 Å². The van der Waals surface area contributed by atoms with Crippen LogP contribution in [0.3, 0.4) is 0 Å². The van der Waals surface area contributed by atoms with Crippen molar-refractivity contribution >= 4 is 5.91 Å². The van der Waals surface area contributed by atoms with Crippen LogP contribution in [0.4, 0.5) is 0 Å². The number of carbonyl (C=O) groups excluding carboxylic acids is 1. The zero-order valence-corrected chi connectivity index (χ0v) is 10.6. The Morgan fingerprint density at radius 3 is 2.94 bits per heavy atom. The standard InChI is InChI=1S/C14H20N2O/c1-11-5-3-6-12(9-11)14(17)16(2)13-7-4-8-15-10-13/h3,5-6,9,13,15H,4,7-8,10H2,1-2H3/t13-/m1/s1. The van der Waals surface area contributed by atoms with Crippen molar-refractivity contribution in [2.75, 3.05) is 20.1 Å². The Balaban J connectivity index is 2.08. The highest BCUT2D eigenvalue weighted by molar-refractivity contribution is 5.94. The number of hydrogen-bond donors (Lipinski definition) is 1. The molecule has 92 valence electrons. The van der Waals surface area contributed by atoms with Crippen LogP contribution in [0.1, 0.15) is 28.8 Å². The number of benzene rings is 1. The molecular formula is C14H20N2O. The van der Waals surface area contributed by atoms with Crippen LogP contribution in [0.5, 0.6) is 0 Å². The van der Waals surface area contributed by atoms with Crippen LogP contribution < -0.4 is 5.32 Å². The van der Waals surface area contributed by atoms with Crippen molar-refractivity contribution < 1.29 is 4.79 Å². The van der Waals surface area contributed by atoms with E-state index in [1.54, 1.807) is 0 Å². The van der Waals surface area contributed by atoms with Crippen molar-refractivity contribution in [2.45, 2.75) is 25.8 Å². The lowest BCUT2D eigenvalue weighted by Gasteiger charge is -2.31. The summed E-state index contributed by atoms with van der Waals surface area (Å²) in [7, 11) is 1.91. The van der Waals surface area contributed by atoms with Gasteiger partial charge in [0.25, 0.3) is 5.91 Å². The van der Waals surface area contributed by atoms with Crippen LogP contribution in [0.25, 0.3) is 0 Å². The van der Waals surface area contributed by atoms with Gasteiger partial charge >= 0.3 is 0 Å². The van der Waals surface area contributed by atoms with Gasteiger partial charge in [-0.15, -0.1) is 0 Å². The molecule has 3 nitrogen and oxygen atoms in total. The molecule has 0 aromatic heterocycles. The number of rotatable bonds is 2. The van der Waals surface area contributed by atoms with E-state index < -0.39 is 0 Å². The maximum atomic E-state index is 12.3. The third kappa shape index (κ3) is 2.86. The van der Waals surface area contributed by atoms with E-state index in [-0.39, 0.29) is 5.91 Å². The first-order valence-electron chi connectivity index (χ1n) is 6.23. The van der Waals surface area contributed by atoms with Crippen LogP contribution in [0, 0.1) is 6.92 Å². The minimum Gasteiger partial charge on any atom is -0.337 e. The third-order valence-corrected chi connectivity index (χ3v) is 3.40. The SMILES string of the molecule is Cc1cccc(C(=O)N(C)[C@@H]2CCCNC2)c1. The van der Waals surface area contributed by atoms with Gasteiger partial charge in [-0.05, 0) is 38.4 Å². The Morgan fingerprint density at radius 2 is 2.29 bits per heavy atom. The summed E-state index contributed by atoms with van der Waals surface area (Å²) >= 11 is 0. The molecule has 1 atom stereocenters. The molecular weight excluding hydrogens is 212 g/mol. The molecule has 1 heterocycles. The molecule has 0 radical (unpaired) electrons. The number of hydrogen-bond acceptors (Lipinski definition) is 2. The second kappa shape index (κ2) is 5.32. The summed E-state index contributed by atoms with van der Waals surface area (Å²) in [5.41, 5.74) is 1.92. The number of amides is 1. The van der Waals surface area contributed by atoms with E-state index in [0.717, 1.165) is 37.1 Å². The molecule has 0 spiro atoms. The van der Waals surface area contributed by atoms with Gasteiger partial charge in [-0.3, -0.25) is 4.79 Å². The van der Waals surface area contributed by atoms with Gasteiger partial charge < -0.3 is 10.2 Å². The molecule has 1 aromatic carbocycles. The van der Waals surface area contributed by atoms with Crippen molar-refractivity contribution in [3.8, 4) is 0 Å². The van der Waals surface area contributed by atoms with Crippen LogP contribution >= 0.6 is 0 Å². The maximum Gasteiger partial charge on any atom is 0.253 e. The zero-order valence-electron chi connectivity index (χ0n) is 10.6. The molecule has 0 bridgehead atoms. The Hall–Kier alpha value is -1.35. The van der Waals surface area contributed by atoms with Gasteiger partial charge in [0.1, 0.15) is 0 Å². The highest BCUT2D eigenvalue weighted by Crippen LogP contribution is 2.13. The van der Waals surface area contributed by atoms with Crippen LogP contribution in [-0.4, -0.2) is 37.0 Å². The van der Waals surface area contributed by atoms with Gasteiger partial charge in [0.15, 0.2) is 0 Å². The van der Waals surface area contributed by atoms with Gasteiger partial charge in [0, 0.05) is 25.2 Å². The van der Waals surface area contributed by atoms with Crippen LogP contribution in [0.15, 0.2) is 24.3 Å². The first-order valence-corrected chi connectivity index (χ1v) is 6.23. The Bertz CT molecular complexity index is 397. The fourth-order valence-electron chi connectivity index (χ4n) is 2.31. The average molecular weight is 232 g/mol. The smallest absolute Gasteiger partial charge is 0.253 e. The van der Waals surface area contributed by atoms with Crippen molar-refractivity contribution in [2.24, 2.45) is 0 Å². The second-order valence-corrected chi connectivity index (χ2v) is 4.79. The molecule has 0 saturated carbocycles. The number of nitrogens with one attached hydrogen (secondary N) is 1. The molecule has 1 aliphatic rings. The van der Waals surface area contributed by atoms with Crippen molar-refractivity contribution in [3.05, 3.63) is 35.4 Å². The van der Waals surface area contributed by atoms with E-state index in [1.807, 2.05) is 43.1 Å². The van der Waals surface area contributed by atoms with Gasteiger partial charge in [0.05, 0.1) is 0 Å². The molecule has 1 aromatic rings. The van der Waals surface area contributed by atoms with Gasteiger partial charge in [-0.25, -0.2) is 0 Å². The zero-order chi connectivity index (χ0) is 12.3. The van der Waals surface area contributed by atoms with E-state index in [2.05, 4.69) is 5.32 Å². The molecule has 1 saturated heterocycles. The summed E-state index contributed by atoms with van der Waals surface area (Å²) in [6.07, 6.45) is 2.25. The number of nitrogens with zero attached hydrogens (tertiary/aromatic N) is 1. The number of piperidine rings is 1. The third-order valence-electron chi connectivity index (χ3n) is 3.40. The fraction of sp³-hybridized carbons (Fsp3) is 0.500. The summed E-state index contributed by atoms with van der Waals surface area (Å²) in [5.74, 6) is 0.127. The molecule has 0 unspecified atom stereocenters. The van der Waals surface area contributed by atoms with Gasteiger partial charge in [-0.1, -0.05) is 17.7 Å². The second-order valence-electron chi connectivity index (χ2n) is 4.79. The number of aryl methyl sites for hydroxylation is 1. The predicted octanol–water partition coefficient (Wildman–Crippen LogP) is 1.82. The molecule has 1 N–H and O–H groups in total. The number of likely N-dealkylation sites (N-methyl/N-ethyl adjacent to an activating group) is 1. The average Bonchev–Trinajstić information content (AvgIpc) is 2.38. The summed E-state index contributed by atoms with van der Waals surface area (Å²) < 4.78 is 0. The molecule has 2 rings (SSSR count). The lowest BCUT2D eigenvalue weighted by molar-refractivity contribution is 0.0708. The topological polar surface area (TPSA) is 32.3 Å². The van der Waals surface area contributed by atoms with Crippen LogP contribution in [-0.2, 0) is 0 Å². The molecule has 1 amide bonds. The van der Waals surface area contributed by atoms with Gasteiger partial charge in [0.2, 0.25) is 0 Å². The van der Waals surface area contributed by atoms with E-state index >= 15 is 0 Å². The van der Waals surface area contributed by atoms with Crippen molar-refractivity contribution in [1.29, 1.82) is 0 Å². The molecule has 3 heteroatoms. The lowest BCUT2D eigenvalue weighted by Crippen LogP contribution is -2.46. The number of carbonyl (C=O) groups is 1. The summed E-state index contributed by atoms with van der Waals surface area (Å²) in [6, 6.07) is 8.13. The van der Waals surface area contributed by atoms with Crippen molar-refractivity contribution in [3.63, 3.8) is 0 Å². The van der Waals surface area contributed by atoms with E-state index in [9.17, 15) is 4.79 Å². The Morgan fingerprint density at radius 1 is 1.47 bits per heavy atom. The summed E-state index contributed by atoms with van der Waals surface area (Å²) in [4.78, 5) is 14.2.